The molecule has 0 bridgehead atoms. The summed E-state index contributed by atoms with van der Waals surface area (Å²) in [5.74, 6) is -1.38. The molecule has 1 aliphatic heterocycles. The second-order valence-electron chi connectivity index (χ2n) is 7.73. The zero-order valence-electron chi connectivity index (χ0n) is 18.2. The molecular formula is C26H18N4O3S2. The fourth-order valence-electron chi connectivity index (χ4n) is 3.73. The lowest BCUT2D eigenvalue weighted by molar-refractivity contribution is -0.113. The number of carbonyl (C=O) groups is 2. The highest BCUT2D eigenvalue weighted by molar-refractivity contribution is 8.27. The van der Waals surface area contributed by atoms with Gasteiger partial charge in [0.15, 0.2) is 4.32 Å². The Morgan fingerprint density at radius 3 is 2.66 bits per heavy atom. The summed E-state index contributed by atoms with van der Waals surface area (Å²) in [6.45, 7) is 0.574. The number of carboxylic acid groups (broad SMARTS) is 1. The molecule has 172 valence electrons. The summed E-state index contributed by atoms with van der Waals surface area (Å²) >= 11 is 6.64. The van der Waals surface area contributed by atoms with Gasteiger partial charge in [0.1, 0.15) is 5.69 Å². The van der Waals surface area contributed by atoms with Crippen molar-refractivity contribution in [3.8, 4) is 11.3 Å². The number of rotatable bonds is 6. The molecule has 2 aromatic heterocycles. The van der Waals surface area contributed by atoms with Crippen molar-refractivity contribution < 1.29 is 14.7 Å². The van der Waals surface area contributed by atoms with Crippen LogP contribution in [0.3, 0.4) is 0 Å². The number of amides is 1. The highest BCUT2D eigenvalue weighted by Crippen LogP contribution is 2.37. The van der Waals surface area contributed by atoms with E-state index in [0.29, 0.717) is 27.2 Å². The van der Waals surface area contributed by atoms with Crippen LogP contribution in [0, 0.1) is 0 Å². The first-order valence-electron chi connectivity index (χ1n) is 10.6. The molecule has 0 spiro atoms. The zero-order valence-corrected chi connectivity index (χ0v) is 19.9. The molecule has 35 heavy (non-hydrogen) atoms. The second kappa shape index (κ2) is 9.65. The number of aromatic nitrogens is 3. The summed E-state index contributed by atoms with van der Waals surface area (Å²) in [6, 6.07) is 19.9. The number of carbonyl (C=O) groups excluding carboxylic acids is 1. The van der Waals surface area contributed by atoms with Crippen molar-refractivity contribution in [1.82, 2.24) is 14.8 Å². The first kappa shape index (κ1) is 22.7. The number of thiocarbonyl (C=S) groups is 1. The quantitative estimate of drug-likeness (QED) is 0.292. The molecule has 3 heterocycles. The smallest absolute Gasteiger partial charge is 0.335 e. The number of hydrogen-bond acceptors (Lipinski definition) is 6. The van der Waals surface area contributed by atoms with Gasteiger partial charge in [0, 0.05) is 29.7 Å². The van der Waals surface area contributed by atoms with Crippen molar-refractivity contribution in [2.75, 3.05) is 4.90 Å². The summed E-state index contributed by atoms with van der Waals surface area (Å²) in [6.07, 6.45) is 7.10. The van der Waals surface area contributed by atoms with Crippen LogP contribution in [0.2, 0.25) is 0 Å². The Morgan fingerprint density at radius 1 is 1.09 bits per heavy atom. The Kier molecular flexibility index (Phi) is 6.26. The molecule has 1 N–H and O–H groups in total. The maximum absolute atomic E-state index is 13.3. The maximum atomic E-state index is 13.3. The van der Waals surface area contributed by atoms with Crippen LogP contribution in [0.25, 0.3) is 17.3 Å². The molecule has 1 saturated heterocycles. The van der Waals surface area contributed by atoms with Crippen LogP contribution in [-0.4, -0.2) is 36.1 Å². The van der Waals surface area contributed by atoms with E-state index in [1.54, 1.807) is 30.6 Å². The molecule has 0 saturated carbocycles. The second-order valence-corrected chi connectivity index (χ2v) is 9.41. The van der Waals surface area contributed by atoms with Gasteiger partial charge in [-0.15, -0.1) is 0 Å². The lowest BCUT2D eigenvalue weighted by Gasteiger charge is -2.14. The molecule has 7 nitrogen and oxygen atoms in total. The lowest BCUT2D eigenvalue weighted by atomic mass is 10.1. The Labute approximate surface area is 210 Å². The molecule has 0 unspecified atom stereocenters. The van der Waals surface area contributed by atoms with E-state index in [0.717, 1.165) is 16.7 Å². The van der Waals surface area contributed by atoms with Crippen molar-refractivity contribution in [1.29, 1.82) is 0 Å². The van der Waals surface area contributed by atoms with Gasteiger partial charge in [-0.2, -0.15) is 5.10 Å². The van der Waals surface area contributed by atoms with E-state index in [9.17, 15) is 14.7 Å². The van der Waals surface area contributed by atoms with Crippen molar-refractivity contribution in [2.24, 2.45) is 0 Å². The number of hydrogen-bond donors (Lipinski definition) is 1. The molecule has 0 radical (unpaired) electrons. The Bertz CT molecular complexity index is 1470. The largest absolute Gasteiger partial charge is 0.478 e. The summed E-state index contributed by atoms with van der Waals surface area (Å²) in [5, 5.41) is 14.1. The summed E-state index contributed by atoms with van der Waals surface area (Å²) in [5.41, 5.74) is 3.89. The molecule has 1 amide bonds. The average molecular weight is 499 g/mol. The number of aromatic carboxylic acids is 1. The fourth-order valence-corrected chi connectivity index (χ4v) is 5.02. The van der Waals surface area contributed by atoms with Crippen LogP contribution in [0.4, 0.5) is 5.69 Å². The van der Waals surface area contributed by atoms with Gasteiger partial charge in [-0.1, -0.05) is 60.4 Å². The van der Waals surface area contributed by atoms with E-state index in [2.05, 4.69) is 4.98 Å². The van der Waals surface area contributed by atoms with E-state index in [-0.39, 0.29) is 11.5 Å². The van der Waals surface area contributed by atoms with Gasteiger partial charge < -0.3 is 5.11 Å². The number of nitrogens with zero attached hydrogens (tertiary/aromatic N) is 4. The molecular weight excluding hydrogens is 480 g/mol. The van der Waals surface area contributed by atoms with Gasteiger partial charge in [0.25, 0.3) is 5.91 Å². The minimum Gasteiger partial charge on any atom is -0.478 e. The number of thioether (sulfide) groups is 1. The predicted octanol–water partition coefficient (Wildman–Crippen LogP) is 5.10. The van der Waals surface area contributed by atoms with Crippen LogP contribution in [-0.2, 0) is 11.3 Å². The maximum Gasteiger partial charge on any atom is 0.335 e. The third-order valence-electron chi connectivity index (χ3n) is 5.34. The Morgan fingerprint density at radius 2 is 1.91 bits per heavy atom. The average Bonchev–Trinajstić information content (AvgIpc) is 3.39. The molecule has 0 atom stereocenters. The number of pyridine rings is 1. The Hall–Kier alpha value is -4.08. The van der Waals surface area contributed by atoms with Crippen LogP contribution >= 0.6 is 24.0 Å². The summed E-state index contributed by atoms with van der Waals surface area (Å²) < 4.78 is 2.17. The third kappa shape index (κ3) is 4.77. The highest BCUT2D eigenvalue weighted by atomic mass is 32.2. The number of benzene rings is 2. The monoisotopic (exact) mass is 498 g/mol. The molecule has 5 rings (SSSR count). The van der Waals surface area contributed by atoms with Crippen molar-refractivity contribution in [2.45, 2.75) is 6.54 Å². The van der Waals surface area contributed by atoms with E-state index in [1.807, 2.05) is 53.3 Å². The third-order valence-corrected chi connectivity index (χ3v) is 6.65. The highest BCUT2D eigenvalue weighted by Gasteiger charge is 2.34. The van der Waals surface area contributed by atoms with Gasteiger partial charge in [0.2, 0.25) is 0 Å². The van der Waals surface area contributed by atoms with E-state index in [4.69, 9.17) is 17.3 Å². The lowest BCUT2D eigenvalue weighted by Crippen LogP contribution is -2.27. The molecule has 4 aromatic rings. The van der Waals surface area contributed by atoms with Crippen LogP contribution < -0.4 is 4.90 Å². The molecule has 1 aliphatic rings. The Balaban J connectivity index is 1.52. The van der Waals surface area contributed by atoms with Gasteiger partial charge in [-0.25, -0.2) is 4.79 Å². The van der Waals surface area contributed by atoms with Gasteiger partial charge in [-0.05, 0) is 42.0 Å². The fraction of sp³-hybridized carbons (Fsp3) is 0.0385. The van der Waals surface area contributed by atoms with E-state index >= 15 is 0 Å². The van der Waals surface area contributed by atoms with Crippen LogP contribution in [0.5, 0.6) is 0 Å². The van der Waals surface area contributed by atoms with Gasteiger partial charge in [-0.3, -0.25) is 19.4 Å². The minimum atomic E-state index is -1.07. The molecule has 1 fully saturated rings. The van der Waals surface area contributed by atoms with Crippen LogP contribution in [0.1, 0.15) is 21.5 Å². The SMILES string of the molecule is O=C(O)c1cccc(N2C(=O)/C(=C\c3cn(Cc4ccccc4)nc3-c3cccnc3)SC2=S)c1. The normalized spacial score (nSPS) is 14.6. The van der Waals surface area contributed by atoms with Gasteiger partial charge >= 0.3 is 5.97 Å². The van der Waals surface area contributed by atoms with Gasteiger partial charge in [0.05, 0.1) is 22.7 Å². The van der Waals surface area contributed by atoms with Crippen molar-refractivity contribution in [3.63, 3.8) is 0 Å². The summed E-state index contributed by atoms with van der Waals surface area (Å²) in [4.78, 5) is 30.7. The van der Waals surface area contributed by atoms with Crippen molar-refractivity contribution in [3.05, 3.63) is 107 Å². The minimum absolute atomic E-state index is 0.0848. The zero-order chi connectivity index (χ0) is 24.4. The van der Waals surface area contributed by atoms with Crippen LogP contribution in [0.15, 0.2) is 90.2 Å². The van der Waals surface area contributed by atoms with E-state index < -0.39 is 5.97 Å². The summed E-state index contributed by atoms with van der Waals surface area (Å²) in [7, 11) is 0. The first-order valence-corrected chi connectivity index (χ1v) is 11.8. The molecule has 0 aliphatic carbocycles. The van der Waals surface area contributed by atoms with Crippen molar-refractivity contribution >= 4 is 51.9 Å². The molecule has 2 aromatic carbocycles. The standard InChI is InChI=1S/C26H18N4O3S2/c31-24-22(35-26(34)30(24)21-10-4-8-18(12-21)25(32)33)13-20-16-29(15-17-6-2-1-3-7-17)28-23(20)19-9-5-11-27-14-19/h1-14,16H,15H2,(H,32,33)/b22-13+. The number of anilines is 1. The first-order chi connectivity index (χ1) is 17.0. The van der Waals surface area contributed by atoms with E-state index in [1.165, 1.54) is 28.8 Å². The topological polar surface area (TPSA) is 88.3 Å². The molecule has 9 heteroatoms. The predicted molar refractivity (Wildman–Crippen MR) is 140 cm³/mol. The number of carboxylic acids is 1.